The molecule has 1 nitrogen and oxygen atoms in total. The average Bonchev–Trinajstić information content (AvgIpc) is 2.83. The van der Waals surface area contributed by atoms with Crippen molar-refractivity contribution in [1.82, 2.24) is 5.32 Å². The molecule has 0 spiro atoms. The average molecular weight is 259 g/mol. The molecule has 1 N–H and O–H groups in total. The Kier molecular flexibility index (Phi) is 4.20. The molecule has 18 heavy (non-hydrogen) atoms. The fourth-order valence-corrected chi connectivity index (χ4v) is 3.42. The molecule has 0 aliphatic heterocycles. The Morgan fingerprint density at radius 2 is 1.94 bits per heavy atom. The van der Waals surface area contributed by atoms with Gasteiger partial charge in [0.25, 0.3) is 0 Å². The van der Waals surface area contributed by atoms with E-state index in [1.54, 1.807) is 0 Å². The molecule has 1 aromatic heterocycles. The summed E-state index contributed by atoms with van der Waals surface area (Å²) in [5.41, 5.74) is 5.54. The Hall–Kier alpha value is -1.12. The highest BCUT2D eigenvalue weighted by molar-refractivity contribution is 7.10. The summed E-state index contributed by atoms with van der Waals surface area (Å²) in [5, 5.41) is 5.65. The lowest BCUT2D eigenvalue weighted by molar-refractivity contribution is 0.696. The number of thiophene rings is 1. The number of nitrogens with one attached hydrogen (secondary N) is 1. The van der Waals surface area contributed by atoms with Gasteiger partial charge < -0.3 is 5.32 Å². The van der Waals surface area contributed by atoms with Crippen LogP contribution >= 0.6 is 11.3 Å². The van der Waals surface area contributed by atoms with E-state index in [0.29, 0.717) is 6.04 Å². The number of hydrogen-bond donors (Lipinski definition) is 1. The molecule has 0 aliphatic carbocycles. The summed E-state index contributed by atoms with van der Waals surface area (Å²) >= 11 is 1.85. The summed E-state index contributed by atoms with van der Waals surface area (Å²) in [7, 11) is 2.04. The topological polar surface area (TPSA) is 12.0 Å². The van der Waals surface area contributed by atoms with E-state index in [-0.39, 0.29) is 0 Å². The third kappa shape index (κ3) is 2.50. The molecule has 0 fully saturated rings. The summed E-state index contributed by atoms with van der Waals surface area (Å²) in [6.45, 7) is 6.56. The summed E-state index contributed by atoms with van der Waals surface area (Å²) in [4.78, 5) is 1.45. The molecule has 2 rings (SSSR count). The molecule has 96 valence electrons. The first-order valence-corrected chi connectivity index (χ1v) is 7.36. The van der Waals surface area contributed by atoms with Crippen LogP contribution in [0.3, 0.4) is 0 Å². The van der Waals surface area contributed by atoms with Crippen LogP contribution in [0.4, 0.5) is 0 Å². The molecule has 1 atom stereocenters. The van der Waals surface area contributed by atoms with Crippen molar-refractivity contribution in [2.24, 2.45) is 0 Å². The van der Waals surface area contributed by atoms with Crippen LogP contribution in [-0.2, 0) is 6.42 Å². The third-order valence-corrected chi connectivity index (χ3v) is 4.60. The van der Waals surface area contributed by atoms with Crippen molar-refractivity contribution in [1.29, 1.82) is 0 Å². The zero-order valence-electron chi connectivity index (χ0n) is 11.6. The maximum Gasteiger partial charge on any atom is 0.0671 e. The van der Waals surface area contributed by atoms with Crippen LogP contribution in [0.25, 0.3) is 0 Å². The van der Waals surface area contributed by atoms with Crippen LogP contribution in [0.2, 0.25) is 0 Å². The van der Waals surface area contributed by atoms with Crippen molar-refractivity contribution >= 4 is 11.3 Å². The molecule has 0 saturated heterocycles. The predicted octanol–water partition coefficient (Wildman–Crippen LogP) is 4.24. The second-order valence-corrected chi connectivity index (χ2v) is 5.68. The molecule has 2 heteroatoms. The van der Waals surface area contributed by atoms with E-state index in [2.05, 4.69) is 55.7 Å². The van der Waals surface area contributed by atoms with Crippen LogP contribution in [0.1, 0.15) is 40.1 Å². The Bertz CT molecular complexity index is 528. The fourth-order valence-electron chi connectivity index (χ4n) is 2.29. The number of benzene rings is 1. The van der Waals surface area contributed by atoms with Crippen LogP contribution in [0.15, 0.2) is 29.6 Å². The molecule has 1 unspecified atom stereocenters. The largest absolute Gasteiger partial charge is 0.309 e. The molecule has 1 heterocycles. The maximum atomic E-state index is 3.45. The molecule has 0 saturated carbocycles. The smallest absolute Gasteiger partial charge is 0.0671 e. The van der Waals surface area contributed by atoms with Gasteiger partial charge >= 0.3 is 0 Å². The first-order chi connectivity index (χ1) is 8.67. The Balaban J connectivity index is 2.42. The zero-order chi connectivity index (χ0) is 13.1. The van der Waals surface area contributed by atoms with Crippen molar-refractivity contribution in [3.8, 4) is 0 Å². The third-order valence-electron chi connectivity index (χ3n) is 3.58. The SMILES string of the molecule is CCc1ccsc1C(NC)c1ccc(C)c(C)c1. The molecular weight excluding hydrogens is 238 g/mol. The molecule has 1 aromatic carbocycles. The van der Waals surface area contributed by atoms with Crippen molar-refractivity contribution in [2.75, 3.05) is 7.05 Å². The van der Waals surface area contributed by atoms with E-state index >= 15 is 0 Å². The molecule has 2 aromatic rings. The number of aryl methyl sites for hydroxylation is 3. The Morgan fingerprint density at radius 3 is 2.56 bits per heavy atom. The Morgan fingerprint density at radius 1 is 1.17 bits per heavy atom. The minimum atomic E-state index is 0.319. The van der Waals surface area contributed by atoms with Gasteiger partial charge in [0.2, 0.25) is 0 Å². The van der Waals surface area contributed by atoms with Gasteiger partial charge in [0.15, 0.2) is 0 Å². The minimum Gasteiger partial charge on any atom is -0.309 e. The van der Waals surface area contributed by atoms with Gasteiger partial charge in [-0.1, -0.05) is 25.1 Å². The summed E-state index contributed by atoms with van der Waals surface area (Å²) in [6, 6.07) is 9.32. The van der Waals surface area contributed by atoms with E-state index in [4.69, 9.17) is 0 Å². The van der Waals surface area contributed by atoms with E-state index in [9.17, 15) is 0 Å². The molecular formula is C16H21NS. The second kappa shape index (κ2) is 5.68. The minimum absolute atomic E-state index is 0.319. The van der Waals surface area contributed by atoms with Gasteiger partial charge in [-0.05, 0) is 61.0 Å². The van der Waals surface area contributed by atoms with E-state index in [0.717, 1.165) is 6.42 Å². The first kappa shape index (κ1) is 13.3. The van der Waals surface area contributed by atoms with Gasteiger partial charge in [-0.15, -0.1) is 11.3 Å². The van der Waals surface area contributed by atoms with Gasteiger partial charge in [0.05, 0.1) is 6.04 Å². The van der Waals surface area contributed by atoms with E-state index < -0.39 is 0 Å². The van der Waals surface area contributed by atoms with Crippen LogP contribution in [0.5, 0.6) is 0 Å². The monoisotopic (exact) mass is 259 g/mol. The highest BCUT2D eigenvalue weighted by Gasteiger charge is 2.16. The van der Waals surface area contributed by atoms with Gasteiger partial charge in [-0.3, -0.25) is 0 Å². The lowest BCUT2D eigenvalue weighted by atomic mass is 9.98. The normalized spacial score (nSPS) is 12.7. The number of hydrogen-bond acceptors (Lipinski definition) is 2. The van der Waals surface area contributed by atoms with Crippen molar-refractivity contribution in [2.45, 2.75) is 33.2 Å². The summed E-state index contributed by atoms with van der Waals surface area (Å²) in [6.07, 6.45) is 1.10. The lowest BCUT2D eigenvalue weighted by Gasteiger charge is -2.18. The van der Waals surface area contributed by atoms with Crippen LogP contribution < -0.4 is 5.32 Å². The molecule has 0 aliphatic rings. The van der Waals surface area contributed by atoms with E-state index in [1.807, 2.05) is 18.4 Å². The number of rotatable bonds is 4. The maximum absolute atomic E-state index is 3.45. The van der Waals surface area contributed by atoms with E-state index in [1.165, 1.54) is 27.1 Å². The lowest BCUT2D eigenvalue weighted by Crippen LogP contribution is -2.17. The van der Waals surface area contributed by atoms with Crippen molar-refractivity contribution < 1.29 is 0 Å². The molecule has 0 bridgehead atoms. The van der Waals surface area contributed by atoms with Crippen molar-refractivity contribution in [3.05, 3.63) is 56.8 Å². The van der Waals surface area contributed by atoms with Gasteiger partial charge in [-0.2, -0.15) is 0 Å². The molecule has 0 amide bonds. The first-order valence-electron chi connectivity index (χ1n) is 6.48. The zero-order valence-corrected chi connectivity index (χ0v) is 12.4. The van der Waals surface area contributed by atoms with Crippen LogP contribution in [-0.4, -0.2) is 7.05 Å². The predicted molar refractivity (Wildman–Crippen MR) is 80.5 cm³/mol. The quantitative estimate of drug-likeness (QED) is 0.866. The highest BCUT2D eigenvalue weighted by atomic mass is 32.1. The highest BCUT2D eigenvalue weighted by Crippen LogP contribution is 2.30. The summed E-state index contributed by atoms with van der Waals surface area (Å²) < 4.78 is 0. The standard InChI is InChI=1S/C16H21NS/c1-5-13-8-9-18-16(13)15(17-4)14-7-6-11(2)12(3)10-14/h6-10,15,17H,5H2,1-4H3. The van der Waals surface area contributed by atoms with Gasteiger partial charge in [0, 0.05) is 4.88 Å². The summed E-state index contributed by atoms with van der Waals surface area (Å²) in [5.74, 6) is 0. The van der Waals surface area contributed by atoms with Gasteiger partial charge in [0.1, 0.15) is 0 Å². The van der Waals surface area contributed by atoms with Crippen LogP contribution in [0, 0.1) is 13.8 Å². The van der Waals surface area contributed by atoms with Gasteiger partial charge in [-0.25, -0.2) is 0 Å². The second-order valence-electron chi connectivity index (χ2n) is 4.73. The molecule has 0 radical (unpaired) electrons. The Labute approximate surface area is 114 Å². The fraction of sp³-hybridized carbons (Fsp3) is 0.375. The van der Waals surface area contributed by atoms with Crippen molar-refractivity contribution in [3.63, 3.8) is 0 Å².